The molecule has 0 saturated heterocycles. The molecule has 0 aliphatic rings. The van der Waals surface area contributed by atoms with E-state index in [1.165, 1.54) is 6.08 Å². The fourth-order valence-electron chi connectivity index (χ4n) is 2.90. The number of hydrogen-bond donors (Lipinski definition) is 1. The number of aliphatic carboxylic acids is 1. The van der Waals surface area contributed by atoms with Crippen molar-refractivity contribution in [3.63, 3.8) is 0 Å². The average molecular weight is 490 g/mol. The molecule has 7 nitrogen and oxygen atoms in total. The summed E-state index contributed by atoms with van der Waals surface area (Å²) in [7, 11) is 0. The van der Waals surface area contributed by atoms with Crippen LogP contribution in [-0.4, -0.2) is 21.3 Å². The zero-order valence-electron chi connectivity index (χ0n) is 17.5. The first kappa shape index (κ1) is 23.1. The van der Waals surface area contributed by atoms with Crippen LogP contribution in [0.4, 0.5) is 0 Å². The van der Waals surface area contributed by atoms with Crippen molar-refractivity contribution in [3.8, 4) is 23.3 Å². The molecule has 1 heterocycles. The molecular formula is C25H16ClN3O4S. The van der Waals surface area contributed by atoms with Crippen LogP contribution in [0.25, 0.3) is 17.5 Å². The quantitative estimate of drug-likeness (QED) is 0.235. The van der Waals surface area contributed by atoms with Gasteiger partial charge >= 0.3 is 5.97 Å². The van der Waals surface area contributed by atoms with Gasteiger partial charge in [0.25, 0.3) is 5.22 Å². The number of para-hydroxylation sites is 1. The van der Waals surface area contributed by atoms with Gasteiger partial charge in [-0.25, -0.2) is 4.79 Å². The second kappa shape index (κ2) is 10.7. The van der Waals surface area contributed by atoms with Gasteiger partial charge in [-0.3, -0.25) is 0 Å². The maximum Gasteiger partial charge on any atom is 0.342 e. The second-order valence-corrected chi connectivity index (χ2v) is 8.36. The molecular weight excluding hydrogens is 474 g/mol. The number of benzene rings is 3. The molecule has 0 atom stereocenters. The lowest BCUT2D eigenvalue weighted by Crippen LogP contribution is -1.99. The molecule has 0 aliphatic carbocycles. The molecule has 0 bridgehead atoms. The van der Waals surface area contributed by atoms with Crippen molar-refractivity contribution in [2.45, 2.75) is 11.8 Å². The van der Waals surface area contributed by atoms with E-state index in [1.807, 2.05) is 12.1 Å². The lowest BCUT2D eigenvalue weighted by Gasteiger charge is -2.10. The van der Waals surface area contributed by atoms with Crippen molar-refractivity contribution < 1.29 is 19.1 Å². The summed E-state index contributed by atoms with van der Waals surface area (Å²) in [5.74, 6) is -0.369. The lowest BCUT2D eigenvalue weighted by molar-refractivity contribution is -0.131. The Bertz CT molecular complexity index is 1380. The molecule has 0 spiro atoms. The van der Waals surface area contributed by atoms with Crippen LogP contribution >= 0.6 is 23.4 Å². The Morgan fingerprint density at radius 3 is 2.53 bits per heavy atom. The highest BCUT2D eigenvalue weighted by Crippen LogP contribution is 2.32. The van der Waals surface area contributed by atoms with E-state index in [1.54, 1.807) is 60.7 Å². The number of nitrogens with zero attached hydrogens (tertiary/aromatic N) is 3. The van der Waals surface area contributed by atoms with Crippen LogP contribution < -0.4 is 4.74 Å². The zero-order chi connectivity index (χ0) is 23.9. The highest BCUT2D eigenvalue weighted by atomic mass is 35.5. The Balaban J connectivity index is 1.52. The number of ether oxygens (including phenoxy) is 1. The number of carbonyl (C=O) groups is 1. The molecule has 0 fully saturated rings. The Morgan fingerprint density at radius 1 is 1.09 bits per heavy atom. The third-order valence-electron chi connectivity index (χ3n) is 4.59. The topological polar surface area (TPSA) is 109 Å². The molecule has 4 aromatic rings. The van der Waals surface area contributed by atoms with Crippen LogP contribution in [0, 0.1) is 11.3 Å². The summed E-state index contributed by atoms with van der Waals surface area (Å²) in [6.07, 6.45) is 1.49. The number of thioether (sulfide) groups is 1. The average Bonchev–Trinajstić information content (AvgIpc) is 3.32. The van der Waals surface area contributed by atoms with E-state index in [4.69, 9.17) is 26.0 Å². The highest BCUT2D eigenvalue weighted by Gasteiger charge is 2.17. The minimum atomic E-state index is -1.14. The smallest absolute Gasteiger partial charge is 0.342 e. The van der Waals surface area contributed by atoms with Gasteiger partial charge in [0.1, 0.15) is 17.3 Å². The van der Waals surface area contributed by atoms with Gasteiger partial charge in [0.15, 0.2) is 0 Å². The van der Waals surface area contributed by atoms with Gasteiger partial charge in [0, 0.05) is 16.1 Å². The maximum atomic E-state index is 11.9. The fraction of sp³-hybridized carbons (Fsp3) is 0.0400. The fourth-order valence-corrected chi connectivity index (χ4v) is 3.69. The zero-order valence-corrected chi connectivity index (χ0v) is 19.1. The van der Waals surface area contributed by atoms with Crippen molar-refractivity contribution in [2.24, 2.45) is 0 Å². The molecule has 0 saturated carbocycles. The minimum Gasteiger partial charge on any atom is -0.488 e. The van der Waals surface area contributed by atoms with Crippen LogP contribution in [0.2, 0.25) is 5.02 Å². The first-order chi connectivity index (χ1) is 16.5. The van der Waals surface area contributed by atoms with Crippen molar-refractivity contribution in [3.05, 3.63) is 99.4 Å². The summed E-state index contributed by atoms with van der Waals surface area (Å²) in [6.45, 7) is 0.264. The van der Waals surface area contributed by atoms with Gasteiger partial charge in [0.05, 0.1) is 11.6 Å². The van der Waals surface area contributed by atoms with Crippen LogP contribution in [-0.2, 0) is 11.4 Å². The van der Waals surface area contributed by atoms with Gasteiger partial charge in [-0.1, -0.05) is 41.9 Å². The number of aromatic nitrogens is 2. The van der Waals surface area contributed by atoms with E-state index in [-0.39, 0.29) is 22.6 Å². The SMILES string of the molecule is N#Cc1ccc(COc2ccccc2/C=C(\Sc2nnc(-c3ccc(Cl)cc3)o2)C(=O)O)cc1. The molecule has 0 radical (unpaired) electrons. The molecule has 3 aromatic carbocycles. The van der Waals surface area contributed by atoms with Gasteiger partial charge < -0.3 is 14.3 Å². The van der Waals surface area contributed by atoms with Gasteiger partial charge in [-0.2, -0.15) is 5.26 Å². The van der Waals surface area contributed by atoms with E-state index in [9.17, 15) is 9.90 Å². The number of carboxylic acids is 1. The molecule has 0 aliphatic heterocycles. The van der Waals surface area contributed by atoms with Crippen molar-refractivity contribution in [1.82, 2.24) is 10.2 Å². The normalized spacial score (nSPS) is 11.1. The number of hydrogen-bond acceptors (Lipinski definition) is 7. The van der Waals surface area contributed by atoms with Crippen LogP contribution in [0.3, 0.4) is 0 Å². The third kappa shape index (κ3) is 5.84. The van der Waals surface area contributed by atoms with Crippen molar-refractivity contribution in [1.29, 1.82) is 5.26 Å². The van der Waals surface area contributed by atoms with E-state index in [0.29, 0.717) is 27.5 Å². The Labute approximate surface area is 204 Å². The third-order valence-corrected chi connectivity index (χ3v) is 5.69. The Hall–Kier alpha value is -4.06. The summed E-state index contributed by atoms with van der Waals surface area (Å²) in [4.78, 5) is 11.9. The van der Waals surface area contributed by atoms with E-state index in [2.05, 4.69) is 16.3 Å². The molecule has 9 heteroatoms. The largest absolute Gasteiger partial charge is 0.488 e. The van der Waals surface area contributed by atoms with Crippen LogP contribution in [0.5, 0.6) is 5.75 Å². The molecule has 34 heavy (non-hydrogen) atoms. The number of halogens is 1. The summed E-state index contributed by atoms with van der Waals surface area (Å²) in [5.41, 5.74) is 2.70. The number of nitriles is 1. The molecule has 4 rings (SSSR count). The van der Waals surface area contributed by atoms with Gasteiger partial charge in [-0.05, 0) is 65.9 Å². The number of rotatable bonds is 8. The number of carboxylic acid groups (broad SMARTS) is 1. The maximum absolute atomic E-state index is 11.9. The standard InChI is InChI=1S/C25H16ClN3O4S/c26-20-11-9-18(10-12-20)23-28-29-25(33-23)34-22(24(30)31)13-19-3-1-2-4-21(19)32-15-17-7-5-16(14-27)6-8-17/h1-13H,15H2,(H,30,31)/b22-13-. The molecule has 0 amide bonds. The van der Waals surface area contributed by atoms with Crippen LogP contribution in [0.1, 0.15) is 16.7 Å². The first-order valence-corrected chi connectivity index (χ1v) is 11.1. The van der Waals surface area contributed by atoms with E-state index >= 15 is 0 Å². The summed E-state index contributed by atoms with van der Waals surface area (Å²) in [5, 5.41) is 27.3. The van der Waals surface area contributed by atoms with Crippen molar-refractivity contribution >= 4 is 35.4 Å². The summed E-state index contributed by atoms with van der Waals surface area (Å²) < 4.78 is 11.5. The predicted octanol–water partition coefficient (Wildman–Crippen LogP) is 6.06. The summed E-state index contributed by atoms with van der Waals surface area (Å²) >= 11 is 6.75. The van der Waals surface area contributed by atoms with E-state index in [0.717, 1.165) is 17.3 Å². The molecule has 168 valence electrons. The van der Waals surface area contributed by atoms with Gasteiger partial charge in [-0.15, -0.1) is 10.2 Å². The first-order valence-electron chi connectivity index (χ1n) is 9.95. The lowest BCUT2D eigenvalue weighted by atomic mass is 10.1. The predicted molar refractivity (Wildman–Crippen MR) is 128 cm³/mol. The Kier molecular flexibility index (Phi) is 7.28. The molecule has 1 N–H and O–H groups in total. The second-order valence-electron chi connectivity index (χ2n) is 6.93. The monoisotopic (exact) mass is 489 g/mol. The summed E-state index contributed by atoms with van der Waals surface area (Å²) in [6, 6.07) is 23.1. The van der Waals surface area contributed by atoms with E-state index < -0.39 is 5.97 Å². The van der Waals surface area contributed by atoms with Gasteiger partial charge in [0.2, 0.25) is 5.89 Å². The minimum absolute atomic E-state index is 0.0132. The highest BCUT2D eigenvalue weighted by molar-refractivity contribution is 8.03. The molecule has 0 unspecified atom stereocenters. The Morgan fingerprint density at radius 2 is 1.82 bits per heavy atom. The van der Waals surface area contributed by atoms with Crippen molar-refractivity contribution in [2.75, 3.05) is 0 Å². The molecule has 1 aromatic heterocycles. The van der Waals surface area contributed by atoms with Crippen LogP contribution in [0.15, 0.2) is 87.3 Å².